The average Bonchev–Trinajstić information content (AvgIpc) is 3.02. The summed E-state index contributed by atoms with van der Waals surface area (Å²) in [6.07, 6.45) is -3.15. The van der Waals surface area contributed by atoms with E-state index in [0.717, 1.165) is 26.3 Å². The number of aromatic nitrogens is 4. The SMILES string of the molecule is C1COCCN1.CNc1cc(Nc2cnn(C)c2CO)nnc1C(F)(F)F. The lowest BCUT2D eigenvalue weighted by molar-refractivity contribution is -0.141. The van der Waals surface area contributed by atoms with Gasteiger partial charge in [-0.25, -0.2) is 0 Å². The molecule has 0 radical (unpaired) electrons. The van der Waals surface area contributed by atoms with Gasteiger partial charge in [0.25, 0.3) is 0 Å². The van der Waals surface area contributed by atoms with E-state index >= 15 is 0 Å². The molecule has 1 aliphatic rings. The quantitative estimate of drug-likeness (QED) is 0.616. The third-order valence-corrected chi connectivity index (χ3v) is 3.65. The molecule has 4 N–H and O–H groups in total. The number of aliphatic hydroxyl groups excluding tert-OH is 1. The first kappa shape index (κ1) is 20.9. The Bertz CT molecular complexity index is 721. The van der Waals surface area contributed by atoms with Gasteiger partial charge in [0.2, 0.25) is 0 Å². The fourth-order valence-corrected chi connectivity index (χ4v) is 2.26. The van der Waals surface area contributed by atoms with Crippen LogP contribution in [0.1, 0.15) is 11.4 Å². The molecule has 0 aromatic carbocycles. The molecule has 9 nitrogen and oxygen atoms in total. The summed E-state index contributed by atoms with van der Waals surface area (Å²) in [7, 11) is 2.99. The summed E-state index contributed by atoms with van der Waals surface area (Å²) < 4.78 is 44.6. The van der Waals surface area contributed by atoms with Crippen molar-refractivity contribution < 1.29 is 23.0 Å². The van der Waals surface area contributed by atoms with Crippen LogP contribution in [0.3, 0.4) is 0 Å². The Hall–Kier alpha value is -2.44. The van der Waals surface area contributed by atoms with Gasteiger partial charge in [0.15, 0.2) is 11.5 Å². The Labute approximate surface area is 153 Å². The number of hydrogen-bond donors (Lipinski definition) is 4. The van der Waals surface area contributed by atoms with Crippen LogP contribution in [-0.2, 0) is 24.6 Å². The highest BCUT2D eigenvalue weighted by Gasteiger charge is 2.36. The first-order valence-electron chi connectivity index (χ1n) is 8.16. The van der Waals surface area contributed by atoms with E-state index in [0.29, 0.717) is 11.4 Å². The van der Waals surface area contributed by atoms with Crippen LogP contribution in [-0.4, -0.2) is 58.4 Å². The van der Waals surface area contributed by atoms with E-state index in [1.165, 1.54) is 24.0 Å². The van der Waals surface area contributed by atoms with E-state index in [9.17, 15) is 18.3 Å². The van der Waals surface area contributed by atoms with Crippen LogP contribution in [0.25, 0.3) is 0 Å². The van der Waals surface area contributed by atoms with Gasteiger partial charge in [-0.2, -0.15) is 18.3 Å². The molecule has 0 saturated carbocycles. The molecule has 0 bridgehead atoms. The van der Waals surface area contributed by atoms with E-state index in [1.807, 2.05) is 0 Å². The van der Waals surface area contributed by atoms with Gasteiger partial charge in [0.05, 0.1) is 43.1 Å². The van der Waals surface area contributed by atoms with Crippen LogP contribution in [0, 0.1) is 0 Å². The predicted molar refractivity (Wildman–Crippen MR) is 92.7 cm³/mol. The van der Waals surface area contributed by atoms with E-state index in [1.54, 1.807) is 7.05 Å². The lowest BCUT2D eigenvalue weighted by Crippen LogP contribution is -2.30. The highest BCUT2D eigenvalue weighted by molar-refractivity contribution is 5.63. The Morgan fingerprint density at radius 2 is 1.96 bits per heavy atom. The van der Waals surface area contributed by atoms with Crippen molar-refractivity contribution in [2.45, 2.75) is 12.8 Å². The topological polar surface area (TPSA) is 109 Å². The summed E-state index contributed by atoms with van der Waals surface area (Å²) in [5.74, 6) is 0.107. The molecule has 0 atom stereocenters. The summed E-state index contributed by atoms with van der Waals surface area (Å²) >= 11 is 0. The Kier molecular flexibility index (Phi) is 7.33. The van der Waals surface area contributed by atoms with Crippen molar-refractivity contribution in [2.75, 3.05) is 44.0 Å². The van der Waals surface area contributed by atoms with Crippen molar-refractivity contribution in [2.24, 2.45) is 7.05 Å². The van der Waals surface area contributed by atoms with Crippen LogP contribution < -0.4 is 16.0 Å². The van der Waals surface area contributed by atoms with E-state index in [2.05, 4.69) is 31.2 Å². The van der Waals surface area contributed by atoms with Crippen molar-refractivity contribution in [3.63, 3.8) is 0 Å². The zero-order chi connectivity index (χ0) is 19.9. The first-order chi connectivity index (χ1) is 12.9. The molecule has 3 rings (SSSR count). The lowest BCUT2D eigenvalue weighted by Gasteiger charge is -2.12. The molecule has 2 aromatic heterocycles. The number of aryl methyl sites for hydroxylation is 1. The lowest BCUT2D eigenvalue weighted by atomic mass is 10.3. The highest BCUT2D eigenvalue weighted by Crippen LogP contribution is 2.33. The first-order valence-corrected chi connectivity index (χ1v) is 8.16. The van der Waals surface area contributed by atoms with Gasteiger partial charge < -0.3 is 25.8 Å². The summed E-state index contributed by atoms with van der Waals surface area (Å²) in [6.45, 7) is 3.56. The molecule has 1 fully saturated rings. The van der Waals surface area contributed by atoms with Gasteiger partial charge in [-0.15, -0.1) is 10.2 Å². The standard InChI is InChI=1S/C11H13F3N6O.C4H9NO/c1-15-6-3-9(18-19-10(6)11(12,13)14)17-7-4-16-20(2)8(7)5-21;1-3-6-4-2-5-1/h3-4,21H,5H2,1-2H3,(H2,15,17,18);5H,1-4H2. The molecular formula is C15H22F3N7O2. The number of aliphatic hydroxyl groups is 1. The van der Waals surface area contributed by atoms with Crippen molar-refractivity contribution >= 4 is 17.2 Å². The number of morpholine rings is 1. The molecule has 150 valence electrons. The van der Waals surface area contributed by atoms with Crippen LogP contribution in [0.4, 0.5) is 30.4 Å². The molecule has 3 heterocycles. The third kappa shape index (κ3) is 5.77. The van der Waals surface area contributed by atoms with Crippen LogP contribution in [0.15, 0.2) is 12.3 Å². The highest BCUT2D eigenvalue weighted by atomic mass is 19.4. The number of hydrogen-bond acceptors (Lipinski definition) is 8. The molecular weight excluding hydrogens is 367 g/mol. The number of nitrogens with zero attached hydrogens (tertiary/aromatic N) is 4. The maximum atomic E-state index is 12.7. The molecule has 2 aromatic rings. The van der Waals surface area contributed by atoms with Gasteiger partial charge in [-0.05, 0) is 0 Å². The summed E-state index contributed by atoms with van der Waals surface area (Å²) in [5.41, 5.74) is -0.377. The molecule has 0 aliphatic carbocycles. The fourth-order valence-electron chi connectivity index (χ4n) is 2.26. The van der Waals surface area contributed by atoms with Crippen LogP contribution in [0.2, 0.25) is 0 Å². The van der Waals surface area contributed by atoms with E-state index in [4.69, 9.17) is 4.74 Å². The Balaban J connectivity index is 0.000000369. The molecule has 27 heavy (non-hydrogen) atoms. The number of rotatable bonds is 4. The second kappa shape index (κ2) is 9.48. The Morgan fingerprint density at radius 1 is 1.26 bits per heavy atom. The maximum absolute atomic E-state index is 12.7. The molecule has 12 heteroatoms. The smallest absolute Gasteiger partial charge is 0.390 e. The summed E-state index contributed by atoms with van der Waals surface area (Å²) in [5, 5.41) is 28.2. The molecule has 0 amide bonds. The number of anilines is 3. The molecule has 0 unspecified atom stereocenters. The largest absolute Gasteiger partial charge is 0.437 e. The van der Waals surface area contributed by atoms with Crippen molar-refractivity contribution in [3.05, 3.63) is 23.7 Å². The second-order valence-corrected chi connectivity index (χ2v) is 5.51. The second-order valence-electron chi connectivity index (χ2n) is 5.51. The van der Waals surface area contributed by atoms with Crippen molar-refractivity contribution in [1.29, 1.82) is 0 Å². The minimum Gasteiger partial charge on any atom is -0.390 e. The minimum atomic E-state index is -4.59. The van der Waals surface area contributed by atoms with Crippen molar-refractivity contribution in [1.82, 2.24) is 25.3 Å². The number of alkyl halides is 3. The number of nitrogens with one attached hydrogen (secondary N) is 3. The van der Waals surface area contributed by atoms with Gasteiger partial charge in [-0.3, -0.25) is 4.68 Å². The van der Waals surface area contributed by atoms with Gasteiger partial charge >= 0.3 is 6.18 Å². The monoisotopic (exact) mass is 389 g/mol. The fraction of sp³-hybridized carbons (Fsp3) is 0.533. The van der Waals surface area contributed by atoms with Gasteiger partial charge in [0.1, 0.15) is 0 Å². The summed E-state index contributed by atoms with van der Waals surface area (Å²) in [6, 6.07) is 1.18. The zero-order valence-electron chi connectivity index (χ0n) is 15.0. The van der Waals surface area contributed by atoms with Crippen LogP contribution in [0.5, 0.6) is 0 Å². The van der Waals surface area contributed by atoms with E-state index in [-0.39, 0.29) is 18.1 Å². The molecule has 1 aliphatic heterocycles. The predicted octanol–water partition coefficient (Wildman–Crippen LogP) is 1.11. The zero-order valence-corrected chi connectivity index (χ0v) is 15.0. The number of halogens is 3. The maximum Gasteiger partial charge on any atom is 0.437 e. The molecule has 0 spiro atoms. The average molecular weight is 389 g/mol. The van der Waals surface area contributed by atoms with Crippen LogP contribution >= 0.6 is 0 Å². The Morgan fingerprint density at radius 3 is 2.44 bits per heavy atom. The van der Waals surface area contributed by atoms with Crippen molar-refractivity contribution in [3.8, 4) is 0 Å². The van der Waals surface area contributed by atoms with Gasteiger partial charge in [-0.1, -0.05) is 0 Å². The summed E-state index contributed by atoms with van der Waals surface area (Å²) in [4.78, 5) is 0. The normalized spacial score (nSPS) is 14.3. The van der Waals surface area contributed by atoms with Gasteiger partial charge in [0, 0.05) is 33.3 Å². The number of ether oxygens (including phenoxy) is 1. The minimum absolute atomic E-state index is 0.107. The molecule has 1 saturated heterocycles. The third-order valence-electron chi connectivity index (χ3n) is 3.65. The van der Waals surface area contributed by atoms with E-state index < -0.39 is 11.9 Å².